The van der Waals surface area contributed by atoms with Gasteiger partial charge in [0.1, 0.15) is 6.04 Å². The molecule has 1 rings (SSSR count). The second-order valence-corrected chi connectivity index (χ2v) is 2.88. The summed E-state index contributed by atoms with van der Waals surface area (Å²) in [6.45, 7) is 2.21. The summed E-state index contributed by atoms with van der Waals surface area (Å²) in [4.78, 5) is 11.5. The molecule has 0 saturated heterocycles. The summed E-state index contributed by atoms with van der Waals surface area (Å²) in [6.07, 6.45) is 0. The number of carbonyl (C=O) groups excluding carboxylic acids is 1. The Morgan fingerprint density at radius 2 is 2.07 bits per heavy atom. The van der Waals surface area contributed by atoms with E-state index in [0.717, 1.165) is 5.56 Å². The van der Waals surface area contributed by atoms with Gasteiger partial charge >= 0.3 is 5.97 Å². The van der Waals surface area contributed by atoms with E-state index in [1.165, 1.54) is 0 Å². The SMILES string of the molecule is CCOC(=O)[C@@H](NC)c1ccccc1. The zero-order chi connectivity index (χ0) is 10.4. The molecule has 0 fully saturated rings. The zero-order valence-electron chi connectivity index (χ0n) is 8.49. The fraction of sp³-hybridized carbons (Fsp3) is 0.364. The minimum Gasteiger partial charge on any atom is -0.465 e. The first-order valence-corrected chi connectivity index (χ1v) is 4.68. The largest absolute Gasteiger partial charge is 0.465 e. The monoisotopic (exact) mass is 193 g/mol. The molecular formula is C11H15NO2. The van der Waals surface area contributed by atoms with Crippen molar-refractivity contribution < 1.29 is 9.53 Å². The number of ether oxygens (including phenoxy) is 1. The third kappa shape index (κ3) is 2.57. The van der Waals surface area contributed by atoms with Crippen LogP contribution in [0, 0.1) is 0 Å². The summed E-state index contributed by atoms with van der Waals surface area (Å²) in [6, 6.07) is 9.16. The lowest BCUT2D eigenvalue weighted by atomic mass is 10.1. The quantitative estimate of drug-likeness (QED) is 0.737. The van der Waals surface area contributed by atoms with Crippen LogP contribution in [-0.2, 0) is 9.53 Å². The maximum absolute atomic E-state index is 11.5. The number of rotatable bonds is 4. The van der Waals surface area contributed by atoms with Crippen LogP contribution in [0.2, 0.25) is 0 Å². The molecule has 0 unspecified atom stereocenters. The van der Waals surface area contributed by atoms with Crippen molar-refractivity contribution >= 4 is 5.97 Å². The van der Waals surface area contributed by atoms with Crippen molar-refractivity contribution in [2.75, 3.05) is 13.7 Å². The molecule has 0 aliphatic rings. The van der Waals surface area contributed by atoms with Gasteiger partial charge in [-0.1, -0.05) is 30.3 Å². The zero-order valence-corrected chi connectivity index (χ0v) is 8.49. The van der Waals surface area contributed by atoms with E-state index >= 15 is 0 Å². The van der Waals surface area contributed by atoms with E-state index in [1.54, 1.807) is 14.0 Å². The van der Waals surface area contributed by atoms with Gasteiger partial charge in [0.15, 0.2) is 0 Å². The first-order chi connectivity index (χ1) is 6.79. The van der Waals surface area contributed by atoms with E-state index in [-0.39, 0.29) is 12.0 Å². The molecule has 0 heterocycles. The molecule has 3 heteroatoms. The highest BCUT2D eigenvalue weighted by molar-refractivity contribution is 5.77. The van der Waals surface area contributed by atoms with Crippen molar-refractivity contribution in [1.29, 1.82) is 0 Å². The Morgan fingerprint density at radius 1 is 1.43 bits per heavy atom. The van der Waals surface area contributed by atoms with Gasteiger partial charge in [-0.3, -0.25) is 0 Å². The molecule has 0 spiro atoms. The van der Waals surface area contributed by atoms with E-state index < -0.39 is 0 Å². The van der Waals surface area contributed by atoms with Crippen LogP contribution in [0.15, 0.2) is 30.3 Å². The molecule has 1 N–H and O–H groups in total. The molecule has 0 radical (unpaired) electrons. The Balaban J connectivity index is 2.77. The maximum Gasteiger partial charge on any atom is 0.327 e. The summed E-state index contributed by atoms with van der Waals surface area (Å²) in [5.41, 5.74) is 0.924. The predicted octanol–water partition coefficient (Wildman–Crippen LogP) is 1.51. The van der Waals surface area contributed by atoms with Crippen LogP contribution in [-0.4, -0.2) is 19.6 Å². The van der Waals surface area contributed by atoms with E-state index in [9.17, 15) is 4.79 Å². The minimum atomic E-state index is -0.365. The van der Waals surface area contributed by atoms with Gasteiger partial charge in [0, 0.05) is 0 Å². The van der Waals surface area contributed by atoms with Gasteiger partial charge in [-0.2, -0.15) is 0 Å². The van der Waals surface area contributed by atoms with Crippen LogP contribution in [0.4, 0.5) is 0 Å². The smallest absolute Gasteiger partial charge is 0.327 e. The maximum atomic E-state index is 11.5. The number of benzene rings is 1. The van der Waals surface area contributed by atoms with Crippen LogP contribution in [0.25, 0.3) is 0 Å². The summed E-state index contributed by atoms with van der Waals surface area (Å²) in [5.74, 6) is -0.235. The molecule has 0 aliphatic heterocycles. The Bertz CT molecular complexity index is 285. The van der Waals surface area contributed by atoms with Gasteiger partial charge in [-0.25, -0.2) is 4.79 Å². The average Bonchev–Trinajstić information content (AvgIpc) is 2.21. The number of likely N-dealkylation sites (N-methyl/N-ethyl adjacent to an activating group) is 1. The molecule has 0 aromatic heterocycles. The first kappa shape index (κ1) is 10.7. The lowest BCUT2D eigenvalue weighted by molar-refractivity contribution is -0.145. The Kier molecular flexibility index (Phi) is 4.13. The van der Waals surface area contributed by atoms with E-state index in [1.807, 2.05) is 30.3 Å². The number of hydrogen-bond acceptors (Lipinski definition) is 3. The lowest BCUT2D eigenvalue weighted by Gasteiger charge is -2.14. The van der Waals surface area contributed by atoms with Gasteiger partial charge in [0.25, 0.3) is 0 Å². The molecule has 0 amide bonds. The van der Waals surface area contributed by atoms with Crippen LogP contribution in [0.3, 0.4) is 0 Å². The van der Waals surface area contributed by atoms with Gasteiger partial charge in [0.2, 0.25) is 0 Å². The molecule has 3 nitrogen and oxygen atoms in total. The Morgan fingerprint density at radius 3 is 2.57 bits per heavy atom. The van der Waals surface area contributed by atoms with E-state index in [4.69, 9.17) is 4.74 Å². The van der Waals surface area contributed by atoms with E-state index in [2.05, 4.69) is 5.32 Å². The lowest BCUT2D eigenvalue weighted by Crippen LogP contribution is -2.27. The molecular weight excluding hydrogens is 178 g/mol. The number of carbonyl (C=O) groups is 1. The molecule has 0 bridgehead atoms. The van der Waals surface area contributed by atoms with Crippen LogP contribution in [0.5, 0.6) is 0 Å². The summed E-state index contributed by atoms with van der Waals surface area (Å²) >= 11 is 0. The van der Waals surface area contributed by atoms with Gasteiger partial charge in [0.05, 0.1) is 6.61 Å². The van der Waals surface area contributed by atoms with Crippen molar-refractivity contribution in [1.82, 2.24) is 5.32 Å². The number of nitrogens with one attached hydrogen (secondary N) is 1. The number of esters is 1. The highest BCUT2D eigenvalue weighted by Gasteiger charge is 2.18. The summed E-state index contributed by atoms with van der Waals surface area (Å²) in [5, 5.41) is 2.93. The minimum absolute atomic E-state index is 0.235. The van der Waals surface area contributed by atoms with Crippen molar-refractivity contribution in [3.8, 4) is 0 Å². The van der Waals surface area contributed by atoms with Crippen molar-refractivity contribution in [3.63, 3.8) is 0 Å². The number of hydrogen-bond donors (Lipinski definition) is 1. The van der Waals surface area contributed by atoms with Crippen molar-refractivity contribution in [3.05, 3.63) is 35.9 Å². The average molecular weight is 193 g/mol. The van der Waals surface area contributed by atoms with Crippen molar-refractivity contribution in [2.45, 2.75) is 13.0 Å². The molecule has 1 atom stereocenters. The predicted molar refractivity (Wildman–Crippen MR) is 54.9 cm³/mol. The molecule has 76 valence electrons. The van der Waals surface area contributed by atoms with Crippen LogP contribution >= 0.6 is 0 Å². The third-order valence-electron chi connectivity index (χ3n) is 1.94. The summed E-state index contributed by atoms with van der Waals surface area (Å²) < 4.78 is 4.95. The molecule has 1 aromatic rings. The third-order valence-corrected chi connectivity index (χ3v) is 1.94. The van der Waals surface area contributed by atoms with Crippen LogP contribution < -0.4 is 5.32 Å². The fourth-order valence-corrected chi connectivity index (χ4v) is 1.29. The van der Waals surface area contributed by atoms with Crippen LogP contribution in [0.1, 0.15) is 18.5 Å². The first-order valence-electron chi connectivity index (χ1n) is 4.68. The van der Waals surface area contributed by atoms with Gasteiger partial charge in [-0.05, 0) is 19.5 Å². The fourth-order valence-electron chi connectivity index (χ4n) is 1.29. The Hall–Kier alpha value is -1.35. The van der Waals surface area contributed by atoms with Gasteiger partial charge in [-0.15, -0.1) is 0 Å². The standard InChI is InChI=1S/C11H15NO2/c1-3-14-11(13)10(12-2)9-7-5-4-6-8-9/h4-8,10,12H,3H2,1-2H3/t10-/m0/s1. The summed E-state index contributed by atoms with van der Waals surface area (Å²) in [7, 11) is 1.74. The normalized spacial score (nSPS) is 12.1. The highest BCUT2D eigenvalue weighted by atomic mass is 16.5. The second kappa shape index (κ2) is 5.40. The molecule has 0 aliphatic carbocycles. The van der Waals surface area contributed by atoms with Gasteiger partial charge < -0.3 is 10.1 Å². The van der Waals surface area contributed by atoms with E-state index in [0.29, 0.717) is 6.61 Å². The van der Waals surface area contributed by atoms with Crippen molar-refractivity contribution in [2.24, 2.45) is 0 Å². The highest BCUT2D eigenvalue weighted by Crippen LogP contribution is 2.13. The molecule has 0 saturated carbocycles. The second-order valence-electron chi connectivity index (χ2n) is 2.88. The molecule has 14 heavy (non-hydrogen) atoms. The molecule has 1 aromatic carbocycles. The topological polar surface area (TPSA) is 38.3 Å². The Labute approximate surface area is 84.1 Å².